The van der Waals surface area contributed by atoms with E-state index in [4.69, 9.17) is 4.98 Å². The molecular formula is C24H30N4O3. The fourth-order valence-corrected chi connectivity index (χ4v) is 7.72. The topological polar surface area (TPSA) is 98.6 Å². The molecule has 3 N–H and O–H groups in total. The highest BCUT2D eigenvalue weighted by molar-refractivity contribution is 5.82. The summed E-state index contributed by atoms with van der Waals surface area (Å²) < 4.78 is 0. The van der Waals surface area contributed by atoms with Crippen LogP contribution in [-0.2, 0) is 0 Å². The van der Waals surface area contributed by atoms with E-state index in [0.29, 0.717) is 30.2 Å². The van der Waals surface area contributed by atoms with Crippen LogP contribution >= 0.6 is 0 Å². The third-order valence-corrected chi connectivity index (χ3v) is 8.56. The summed E-state index contributed by atoms with van der Waals surface area (Å²) in [4.78, 5) is 22.9. The van der Waals surface area contributed by atoms with Gasteiger partial charge in [0.05, 0.1) is 23.2 Å². The van der Waals surface area contributed by atoms with Crippen LogP contribution in [0.25, 0.3) is 10.9 Å². The molecule has 3 heterocycles. The Kier molecular flexibility index (Phi) is 4.23. The Labute approximate surface area is 181 Å². The second-order valence-corrected chi connectivity index (χ2v) is 10.4. The third-order valence-electron chi connectivity index (χ3n) is 8.56. The van der Waals surface area contributed by atoms with Crippen molar-refractivity contribution in [3.05, 3.63) is 30.1 Å². The number of nitrogens with zero attached hydrogens (tertiary/aromatic N) is 3. The van der Waals surface area contributed by atoms with Crippen LogP contribution < -0.4 is 5.32 Å². The van der Waals surface area contributed by atoms with Crippen molar-refractivity contribution in [3.63, 3.8) is 0 Å². The molecule has 7 atom stereocenters. The summed E-state index contributed by atoms with van der Waals surface area (Å²) in [5, 5.41) is 25.6. The van der Waals surface area contributed by atoms with Crippen molar-refractivity contribution in [2.45, 2.75) is 63.1 Å². The molecule has 2 aromatic rings. The van der Waals surface area contributed by atoms with Crippen LogP contribution in [0.2, 0.25) is 0 Å². The smallest absolute Gasteiger partial charge is 0.407 e. The van der Waals surface area contributed by atoms with Gasteiger partial charge in [-0.05, 0) is 87.3 Å². The van der Waals surface area contributed by atoms with Crippen LogP contribution in [0.5, 0.6) is 0 Å². The number of nitrogens with one attached hydrogen (secondary N) is 1. The maximum Gasteiger partial charge on any atom is 0.407 e. The minimum Gasteiger partial charge on any atom is -0.465 e. The number of aromatic nitrogens is 2. The summed E-state index contributed by atoms with van der Waals surface area (Å²) in [6, 6.07) is 5.93. The number of likely N-dealkylation sites (tertiary alicyclic amines) is 1. The van der Waals surface area contributed by atoms with Crippen LogP contribution in [-0.4, -0.2) is 55.4 Å². The van der Waals surface area contributed by atoms with Crippen LogP contribution in [0.15, 0.2) is 24.4 Å². The predicted octanol–water partition coefficient (Wildman–Crippen LogP) is 3.66. The Morgan fingerprint density at radius 3 is 2.68 bits per heavy atom. The van der Waals surface area contributed by atoms with Crippen molar-refractivity contribution in [1.29, 1.82) is 0 Å². The van der Waals surface area contributed by atoms with E-state index < -0.39 is 11.7 Å². The molecule has 5 fully saturated rings. The third kappa shape index (κ3) is 3.08. The lowest BCUT2D eigenvalue weighted by atomic mass is 9.48. The maximum absolute atomic E-state index is 12.1. The minimum absolute atomic E-state index is 0.0427. The van der Waals surface area contributed by atoms with Gasteiger partial charge in [-0.2, -0.15) is 0 Å². The number of rotatable bonds is 3. The molecule has 1 amide bonds. The predicted molar refractivity (Wildman–Crippen MR) is 117 cm³/mol. The number of hydrogen-bond acceptors (Lipinski definition) is 5. The van der Waals surface area contributed by atoms with Crippen LogP contribution in [0.3, 0.4) is 0 Å². The van der Waals surface area contributed by atoms with Crippen molar-refractivity contribution in [1.82, 2.24) is 14.9 Å². The van der Waals surface area contributed by atoms with Crippen LogP contribution in [0.4, 0.5) is 10.6 Å². The van der Waals surface area contributed by atoms with E-state index in [1.807, 2.05) is 25.1 Å². The van der Waals surface area contributed by atoms with E-state index in [1.165, 1.54) is 0 Å². The van der Waals surface area contributed by atoms with Crippen molar-refractivity contribution in [3.8, 4) is 0 Å². The van der Waals surface area contributed by atoms with Crippen molar-refractivity contribution in [2.24, 2.45) is 23.7 Å². The lowest BCUT2D eigenvalue weighted by Crippen LogP contribution is -2.61. The standard InChI is InChI=1S/C24H30N4O3/c1-13-17-2-3-20(26-18(17)4-6-25-13)27-19-5-7-28(23(29)30)22(19)21-15-8-14-9-16(21)12-24(31,10-14)11-15/h2-4,6,14-16,19,21-22,31H,5,7-12H2,1H3,(H,26,27)(H,29,30)/t14?,15-,16+,19?,21?,22?,24?. The molecule has 4 bridgehead atoms. The fraction of sp³-hybridized carbons (Fsp3) is 0.625. The fourth-order valence-electron chi connectivity index (χ4n) is 7.72. The van der Waals surface area contributed by atoms with E-state index >= 15 is 0 Å². The minimum atomic E-state index is -0.824. The Hall–Kier alpha value is -2.41. The maximum atomic E-state index is 12.1. The summed E-state index contributed by atoms with van der Waals surface area (Å²) in [6.45, 7) is 2.53. The highest BCUT2D eigenvalue weighted by Gasteiger charge is 2.59. The molecular weight excluding hydrogens is 392 g/mol. The monoisotopic (exact) mass is 422 g/mol. The van der Waals surface area contributed by atoms with Gasteiger partial charge < -0.3 is 20.4 Å². The van der Waals surface area contributed by atoms with Gasteiger partial charge in [-0.25, -0.2) is 9.78 Å². The number of pyridine rings is 2. The summed E-state index contributed by atoms with van der Waals surface area (Å²) in [7, 11) is 0. The number of fused-ring (bicyclic) bond motifs is 1. The first kappa shape index (κ1) is 19.3. The number of hydrogen-bond donors (Lipinski definition) is 3. The Morgan fingerprint density at radius 1 is 1.19 bits per heavy atom. The largest absolute Gasteiger partial charge is 0.465 e. The van der Waals surface area contributed by atoms with Crippen LogP contribution in [0, 0.1) is 30.6 Å². The molecule has 4 saturated carbocycles. The quantitative estimate of drug-likeness (QED) is 0.698. The number of aryl methyl sites for hydroxylation is 1. The lowest BCUT2D eigenvalue weighted by Gasteiger charge is -2.60. The highest BCUT2D eigenvalue weighted by atomic mass is 16.4. The van der Waals surface area contributed by atoms with E-state index in [0.717, 1.165) is 60.9 Å². The first-order chi connectivity index (χ1) is 14.9. The number of carboxylic acid groups (broad SMARTS) is 1. The van der Waals surface area contributed by atoms with E-state index in [9.17, 15) is 15.0 Å². The van der Waals surface area contributed by atoms with Gasteiger partial charge in [0.25, 0.3) is 0 Å². The number of anilines is 1. The number of aliphatic hydroxyl groups is 1. The van der Waals surface area contributed by atoms with Gasteiger partial charge in [0, 0.05) is 23.8 Å². The molecule has 5 unspecified atom stereocenters. The molecule has 7 heteroatoms. The molecule has 7 rings (SSSR count). The summed E-state index contributed by atoms with van der Waals surface area (Å²) in [5.41, 5.74) is 1.35. The van der Waals surface area contributed by atoms with Gasteiger partial charge in [0.15, 0.2) is 0 Å². The summed E-state index contributed by atoms with van der Waals surface area (Å²) in [6.07, 6.45) is 6.63. The molecule has 0 radical (unpaired) electrons. The summed E-state index contributed by atoms with van der Waals surface area (Å²) >= 11 is 0. The zero-order valence-electron chi connectivity index (χ0n) is 17.9. The van der Waals surface area contributed by atoms with Crippen molar-refractivity contribution >= 4 is 22.8 Å². The molecule has 1 aliphatic heterocycles. The van der Waals surface area contributed by atoms with Gasteiger partial charge in [0.2, 0.25) is 0 Å². The van der Waals surface area contributed by atoms with Gasteiger partial charge in [-0.1, -0.05) is 0 Å². The highest BCUT2D eigenvalue weighted by Crippen LogP contribution is 2.60. The molecule has 1 saturated heterocycles. The van der Waals surface area contributed by atoms with Crippen molar-refractivity contribution in [2.75, 3.05) is 11.9 Å². The van der Waals surface area contributed by atoms with Gasteiger partial charge in [-0.3, -0.25) is 4.98 Å². The molecule has 31 heavy (non-hydrogen) atoms. The molecule has 5 aliphatic rings. The molecule has 2 aromatic heterocycles. The Balaban J connectivity index is 1.31. The number of amides is 1. The first-order valence-electron chi connectivity index (χ1n) is 11.6. The normalized spacial score (nSPS) is 38.7. The van der Waals surface area contributed by atoms with Gasteiger partial charge in [-0.15, -0.1) is 0 Å². The zero-order chi connectivity index (χ0) is 21.3. The molecule has 7 nitrogen and oxygen atoms in total. The number of carbonyl (C=O) groups is 1. The Morgan fingerprint density at radius 2 is 1.97 bits per heavy atom. The first-order valence-corrected chi connectivity index (χ1v) is 11.6. The average Bonchev–Trinajstić information content (AvgIpc) is 3.10. The second kappa shape index (κ2) is 6.79. The molecule has 0 aromatic carbocycles. The van der Waals surface area contributed by atoms with E-state index in [-0.39, 0.29) is 12.1 Å². The second-order valence-electron chi connectivity index (χ2n) is 10.4. The van der Waals surface area contributed by atoms with Gasteiger partial charge in [0.1, 0.15) is 5.82 Å². The van der Waals surface area contributed by atoms with Crippen molar-refractivity contribution < 1.29 is 15.0 Å². The molecule has 0 spiro atoms. The molecule has 164 valence electrons. The van der Waals surface area contributed by atoms with Gasteiger partial charge >= 0.3 is 6.09 Å². The lowest BCUT2D eigenvalue weighted by molar-refractivity contribution is -0.162. The summed E-state index contributed by atoms with van der Waals surface area (Å²) in [5.74, 6) is 2.57. The SMILES string of the molecule is Cc1nccc2nc(NC3CCN(C(=O)O)C3C3[C@@H]4CC5C[C@H]3CC(O)(C5)C4)ccc12. The van der Waals surface area contributed by atoms with E-state index in [2.05, 4.69) is 10.3 Å². The average molecular weight is 423 g/mol. The molecule has 4 aliphatic carbocycles. The van der Waals surface area contributed by atoms with E-state index in [1.54, 1.807) is 11.1 Å². The zero-order valence-corrected chi connectivity index (χ0v) is 17.9. The van der Waals surface area contributed by atoms with Crippen LogP contribution in [0.1, 0.15) is 44.2 Å². The Bertz CT molecular complexity index is 1030.